The predicted octanol–water partition coefficient (Wildman–Crippen LogP) is 1.88. The average molecular weight is 274 g/mol. The van der Waals surface area contributed by atoms with E-state index in [0.717, 1.165) is 18.7 Å². The molecule has 0 aromatic carbocycles. The Morgan fingerprint density at radius 2 is 2.41 bits per heavy atom. The number of nitrogens with zero attached hydrogens (tertiary/aromatic N) is 2. The molecule has 0 saturated carbocycles. The summed E-state index contributed by atoms with van der Waals surface area (Å²) in [5, 5.41) is 11.2. The Morgan fingerprint density at radius 1 is 1.47 bits per heavy atom. The molecule has 3 rings (SSSR count). The normalized spacial score (nSPS) is 19.9. The molecule has 1 N–H and O–H groups in total. The van der Waals surface area contributed by atoms with Crippen LogP contribution in [-0.2, 0) is 4.74 Å². The Balaban J connectivity index is 0.00000108. The minimum Gasteiger partial charge on any atom is -0.366 e. The van der Waals surface area contributed by atoms with Crippen LogP contribution in [0.4, 0.5) is 0 Å². The van der Waals surface area contributed by atoms with E-state index in [0.29, 0.717) is 18.3 Å². The molecule has 3 heterocycles. The Hall–Kier alpha value is -0.950. The zero-order chi connectivity index (χ0) is 10.8. The van der Waals surface area contributed by atoms with E-state index in [1.54, 1.807) is 11.3 Å². The highest BCUT2D eigenvalue weighted by Crippen LogP contribution is 2.22. The van der Waals surface area contributed by atoms with Gasteiger partial charge in [-0.15, -0.1) is 12.4 Å². The molecule has 5 nitrogen and oxygen atoms in total. The van der Waals surface area contributed by atoms with Gasteiger partial charge in [0, 0.05) is 24.0 Å². The lowest BCUT2D eigenvalue weighted by atomic mass is 10.3. The van der Waals surface area contributed by atoms with Crippen LogP contribution < -0.4 is 5.32 Å². The average Bonchev–Trinajstić information content (AvgIpc) is 3.01. The van der Waals surface area contributed by atoms with Crippen molar-refractivity contribution in [2.24, 2.45) is 0 Å². The number of aromatic nitrogens is 2. The molecule has 17 heavy (non-hydrogen) atoms. The van der Waals surface area contributed by atoms with E-state index >= 15 is 0 Å². The molecule has 0 aliphatic carbocycles. The number of morpholine rings is 1. The molecule has 1 aliphatic rings. The van der Waals surface area contributed by atoms with Gasteiger partial charge in [0.2, 0.25) is 5.82 Å². The van der Waals surface area contributed by atoms with Crippen LogP contribution in [0.25, 0.3) is 11.4 Å². The lowest BCUT2D eigenvalue weighted by Crippen LogP contribution is -2.33. The second-order valence-electron chi connectivity index (χ2n) is 3.53. The first-order valence-corrected chi connectivity index (χ1v) is 6.06. The van der Waals surface area contributed by atoms with Crippen LogP contribution >= 0.6 is 23.7 Å². The molecule has 1 atom stereocenters. The van der Waals surface area contributed by atoms with E-state index < -0.39 is 0 Å². The van der Waals surface area contributed by atoms with E-state index in [2.05, 4.69) is 15.5 Å². The van der Waals surface area contributed by atoms with Gasteiger partial charge in [0.15, 0.2) is 0 Å². The molecule has 2 aromatic heterocycles. The van der Waals surface area contributed by atoms with Crippen LogP contribution in [-0.4, -0.2) is 29.8 Å². The summed E-state index contributed by atoms with van der Waals surface area (Å²) in [6.45, 7) is 2.29. The third-order valence-electron chi connectivity index (χ3n) is 2.42. The van der Waals surface area contributed by atoms with E-state index in [-0.39, 0.29) is 18.5 Å². The van der Waals surface area contributed by atoms with E-state index in [9.17, 15) is 0 Å². The minimum atomic E-state index is -0.117. The zero-order valence-corrected chi connectivity index (χ0v) is 10.6. The van der Waals surface area contributed by atoms with Gasteiger partial charge in [-0.25, -0.2) is 0 Å². The van der Waals surface area contributed by atoms with Crippen LogP contribution in [0.5, 0.6) is 0 Å². The number of hydrogen-bond donors (Lipinski definition) is 1. The number of rotatable bonds is 2. The van der Waals surface area contributed by atoms with Crippen molar-refractivity contribution in [2.75, 3.05) is 19.7 Å². The molecule has 0 amide bonds. The molecular weight excluding hydrogens is 262 g/mol. The minimum absolute atomic E-state index is 0. The van der Waals surface area contributed by atoms with Crippen molar-refractivity contribution < 1.29 is 9.26 Å². The van der Waals surface area contributed by atoms with E-state index in [4.69, 9.17) is 9.26 Å². The largest absolute Gasteiger partial charge is 0.366 e. The van der Waals surface area contributed by atoms with Crippen LogP contribution in [0.1, 0.15) is 12.0 Å². The molecule has 92 valence electrons. The molecule has 1 aliphatic heterocycles. The summed E-state index contributed by atoms with van der Waals surface area (Å²) in [7, 11) is 0. The first kappa shape index (κ1) is 12.5. The molecule has 0 spiro atoms. The first-order valence-electron chi connectivity index (χ1n) is 5.12. The fourth-order valence-electron chi connectivity index (χ4n) is 1.60. The van der Waals surface area contributed by atoms with E-state index in [1.807, 2.05) is 16.8 Å². The van der Waals surface area contributed by atoms with Crippen LogP contribution in [0.2, 0.25) is 0 Å². The van der Waals surface area contributed by atoms with Crippen molar-refractivity contribution in [2.45, 2.75) is 6.10 Å². The maximum atomic E-state index is 5.54. The fourth-order valence-corrected chi connectivity index (χ4v) is 2.23. The molecule has 0 bridgehead atoms. The maximum Gasteiger partial charge on any atom is 0.257 e. The van der Waals surface area contributed by atoms with Gasteiger partial charge < -0.3 is 14.6 Å². The van der Waals surface area contributed by atoms with Crippen molar-refractivity contribution >= 4 is 23.7 Å². The quantitative estimate of drug-likeness (QED) is 0.905. The van der Waals surface area contributed by atoms with Gasteiger partial charge in [0.1, 0.15) is 6.10 Å². The van der Waals surface area contributed by atoms with Gasteiger partial charge in [-0.3, -0.25) is 0 Å². The van der Waals surface area contributed by atoms with Gasteiger partial charge in [0.05, 0.1) is 6.61 Å². The predicted molar refractivity (Wildman–Crippen MR) is 66.4 cm³/mol. The van der Waals surface area contributed by atoms with Crippen LogP contribution in [0, 0.1) is 0 Å². The summed E-state index contributed by atoms with van der Waals surface area (Å²) < 4.78 is 10.7. The fraction of sp³-hybridized carbons (Fsp3) is 0.400. The summed E-state index contributed by atoms with van der Waals surface area (Å²) in [5.74, 6) is 1.18. The highest BCUT2D eigenvalue weighted by molar-refractivity contribution is 7.08. The summed E-state index contributed by atoms with van der Waals surface area (Å²) in [6.07, 6.45) is -0.117. The van der Waals surface area contributed by atoms with Gasteiger partial charge in [-0.1, -0.05) is 5.16 Å². The maximum absolute atomic E-state index is 5.54. The van der Waals surface area contributed by atoms with Crippen molar-refractivity contribution in [3.8, 4) is 11.4 Å². The number of nitrogens with one attached hydrogen (secondary N) is 1. The number of thiophene rings is 1. The third-order valence-corrected chi connectivity index (χ3v) is 3.11. The lowest BCUT2D eigenvalue weighted by molar-refractivity contribution is 0.00755. The van der Waals surface area contributed by atoms with Crippen LogP contribution in [0.3, 0.4) is 0 Å². The third kappa shape index (κ3) is 2.66. The summed E-state index contributed by atoms with van der Waals surface area (Å²) in [6, 6.07) is 1.97. The smallest absolute Gasteiger partial charge is 0.257 e. The number of halogens is 1. The summed E-state index contributed by atoms with van der Waals surface area (Å²) in [5.41, 5.74) is 0.990. The SMILES string of the molecule is Cl.c1cc(-c2noc([C@H]3CNCCO3)n2)cs1. The van der Waals surface area contributed by atoms with Crippen molar-refractivity contribution in [3.63, 3.8) is 0 Å². The van der Waals surface area contributed by atoms with Crippen molar-refractivity contribution in [1.82, 2.24) is 15.5 Å². The Morgan fingerprint density at radius 3 is 3.12 bits per heavy atom. The van der Waals surface area contributed by atoms with Crippen LogP contribution in [0.15, 0.2) is 21.3 Å². The topological polar surface area (TPSA) is 60.2 Å². The second kappa shape index (κ2) is 5.59. The summed E-state index contributed by atoms with van der Waals surface area (Å²) in [4.78, 5) is 4.34. The number of hydrogen-bond acceptors (Lipinski definition) is 6. The molecule has 0 radical (unpaired) electrons. The zero-order valence-electron chi connectivity index (χ0n) is 8.96. The van der Waals surface area contributed by atoms with Crippen molar-refractivity contribution in [1.29, 1.82) is 0 Å². The van der Waals surface area contributed by atoms with Crippen molar-refractivity contribution in [3.05, 3.63) is 22.7 Å². The number of ether oxygens (including phenoxy) is 1. The first-order chi connectivity index (χ1) is 7.93. The molecule has 0 unspecified atom stereocenters. The standard InChI is InChI=1S/C10H11N3O2S.ClH/c1-4-16-6-7(1)9-12-10(15-13-9)8-5-11-2-3-14-8;/h1,4,6,8,11H,2-3,5H2;1H/t8-;/m1./s1. The highest BCUT2D eigenvalue weighted by Gasteiger charge is 2.22. The Bertz CT molecular complexity index is 454. The second-order valence-corrected chi connectivity index (χ2v) is 4.31. The Kier molecular flexibility index (Phi) is 4.11. The van der Waals surface area contributed by atoms with Gasteiger partial charge in [-0.05, 0) is 11.4 Å². The Labute approximate surface area is 109 Å². The van der Waals surface area contributed by atoms with Gasteiger partial charge >= 0.3 is 0 Å². The van der Waals surface area contributed by atoms with Gasteiger partial charge in [0.25, 0.3) is 5.89 Å². The molecule has 7 heteroatoms. The molecule has 2 aromatic rings. The molecule has 1 fully saturated rings. The van der Waals surface area contributed by atoms with Gasteiger partial charge in [-0.2, -0.15) is 16.3 Å². The lowest BCUT2D eigenvalue weighted by Gasteiger charge is -2.19. The highest BCUT2D eigenvalue weighted by atomic mass is 35.5. The molecular formula is C10H12ClN3O2S. The monoisotopic (exact) mass is 273 g/mol. The van der Waals surface area contributed by atoms with E-state index in [1.165, 1.54) is 0 Å². The molecule has 1 saturated heterocycles. The summed E-state index contributed by atoms with van der Waals surface area (Å²) >= 11 is 1.61.